The number of rotatable bonds is 6. The van der Waals surface area contributed by atoms with Gasteiger partial charge < -0.3 is 4.84 Å². The van der Waals surface area contributed by atoms with Crippen LogP contribution in [-0.2, 0) is 13.0 Å². The first-order valence-electron chi connectivity index (χ1n) is 8.79. The van der Waals surface area contributed by atoms with Crippen molar-refractivity contribution >= 4 is 21.8 Å². The molecule has 2 aromatic heterocycles. The van der Waals surface area contributed by atoms with Crippen LogP contribution in [0.5, 0.6) is 0 Å². The molecule has 0 N–H and O–H groups in total. The lowest BCUT2D eigenvalue weighted by molar-refractivity contribution is 0.0799. The Labute approximate surface area is 147 Å². The summed E-state index contributed by atoms with van der Waals surface area (Å²) in [6.07, 6.45) is 5.11. The van der Waals surface area contributed by atoms with Gasteiger partial charge in [0.05, 0.1) is 17.4 Å². The Morgan fingerprint density at radius 3 is 2.60 bits per heavy atom. The van der Waals surface area contributed by atoms with Gasteiger partial charge in [-0.15, -0.1) is 5.10 Å². The molecule has 0 bridgehead atoms. The van der Waals surface area contributed by atoms with E-state index in [1.807, 2.05) is 36.5 Å². The van der Waals surface area contributed by atoms with Gasteiger partial charge >= 0.3 is 0 Å². The van der Waals surface area contributed by atoms with Gasteiger partial charge in [0.2, 0.25) is 0 Å². The first-order chi connectivity index (χ1) is 12.4. The summed E-state index contributed by atoms with van der Waals surface area (Å²) in [6, 6.07) is 18.3. The SMILES string of the molecule is CCCCc1nc2ccccc2c2c1cnn2OCc1ccccc1. The number of fused-ring (bicyclic) bond motifs is 3. The molecular weight excluding hydrogens is 310 g/mol. The predicted molar refractivity (Wildman–Crippen MR) is 100 cm³/mol. The molecule has 0 aliphatic rings. The molecule has 0 atom stereocenters. The smallest absolute Gasteiger partial charge is 0.142 e. The number of para-hydroxylation sites is 1. The third-order valence-electron chi connectivity index (χ3n) is 4.43. The van der Waals surface area contributed by atoms with E-state index < -0.39 is 0 Å². The summed E-state index contributed by atoms with van der Waals surface area (Å²) in [5.41, 5.74) is 4.22. The molecule has 2 aromatic carbocycles. The van der Waals surface area contributed by atoms with Crippen LogP contribution in [-0.4, -0.2) is 14.9 Å². The van der Waals surface area contributed by atoms with Crippen LogP contribution in [0.2, 0.25) is 0 Å². The van der Waals surface area contributed by atoms with E-state index in [1.165, 1.54) is 0 Å². The minimum absolute atomic E-state index is 0.485. The first-order valence-corrected chi connectivity index (χ1v) is 8.79. The van der Waals surface area contributed by atoms with E-state index in [2.05, 4.69) is 36.3 Å². The van der Waals surface area contributed by atoms with Gasteiger partial charge in [-0.3, -0.25) is 4.98 Å². The van der Waals surface area contributed by atoms with Crippen molar-refractivity contribution in [2.45, 2.75) is 32.8 Å². The van der Waals surface area contributed by atoms with E-state index in [9.17, 15) is 0 Å². The number of benzene rings is 2. The molecule has 0 fully saturated rings. The molecule has 2 heterocycles. The number of pyridine rings is 1. The summed E-state index contributed by atoms with van der Waals surface area (Å²) < 4.78 is 0. The molecule has 0 unspecified atom stereocenters. The van der Waals surface area contributed by atoms with Crippen molar-refractivity contribution in [3.8, 4) is 0 Å². The Hall–Kier alpha value is -2.88. The highest BCUT2D eigenvalue weighted by Gasteiger charge is 2.14. The minimum atomic E-state index is 0.485. The van der Waals surface area contributed by atoms with Gasteiger partial charge in [0, 0.05) is 10.8 Å². The molecule has 0 aliphatic carbocycles. The Kier molecular flexibility index (Phi) is 4.34. The van der Waals surface area contributed by atoms with Crippen LogP contribution in [0, 0.1) is 0 Å². The monoisotopic (exact) mass is 331 g/mol. The predicted octanol–water partition coefficient (Wildman–Crippen LogP) is 4.56. The second-order valence-corrected chi connectivity index (χ2v) is 6.22. The van der Waals surface area contributed by atoms with Crippen molar-refractivity contribution in [2.24, 2.45) is 0 Å². The molecular formula is C21H21N3O. The highest BCUT2D eigenvalue weighted by Crippen LogP contribution is 2.27. The van der Waals surface area contributed by atoms with Crippen molar-refractivity contribution in [1.82, 2.24) is 14.9 Å². The van der Waals surface area contributed by atoms with Crippen LogP contribution in [0.4, 0.5) is 0 Å². The van der Waals surface area contributed by atoms with Crippen molar-refractivity contribution in [2.75, 3.05) is 0 Å². The number of hydrogen-bond acceptors (Lipinski definition) is 3. The summed E-state index contributed by atoms with van der Waals surface area (Å²) in [6.45, 7) is 2.68. The molecule has 0 saturated heterocycles. The van der Waals surface area contributed by atoms with Crippen LogP contribution >= 0.6 is 0 Å². The molecule has 0 radical (unpaired) electrons. The van der Waals surface area contributed by atoms with Gasteiger partial charge in [-0.2, -0.15) is 0 Å². The van der Waals surface area contributed by atoms with Crippen molar-refractivity contribution in [3.05, 3.63) is 72.1 Å². The maximum absolute atomic E-state index is 5.99. The average Bonchev–Trinajstić information content (AvgIpc) is 3.10. The molecule has 4 heteroatoms. The molecule has 4 aromatic rings. The first kappa shape index (κ1) is 15.6. The van der Waals surface area contributed by atoms with Gasteiger partial charge in [0.15, 0.2) is 0 Å². The lowest BCUT2D eigenvalue weighted by atomic mass is 10.1. The third kappa shape index (κ3) is 3.07. The summed E-state index contributed by atoms with van der Waals surface area (Å²) >= 11 is 0. The van der Waals surface area contributed by atoms with Crippen molar-refractivity contribution in [3.63, 3.8) is 0 Å². The number of unbranched alkanes of at least 4 members (excludes halogenated alkanes) is 1. The average molecular weight is 331 g/mol. The quantitative estimate of drug-likeness (QED) is 0.520. The van der Waals surface area contributed by atoms with Gasteiger partial charge in [0.25, 0.3) is 0 Å². The zero-order valence-electron chi connectivity index (χ0n) is 14.4. The van der Waals surface area contributed by atoms with Crippen LogP contribution in [0.15, 0.2) is 60.8 Å². The number of aromatic nitrogens is 3. The van der Waals surface area contributed by atoms with Crippen molar-refractivity contribution < 1.29 is 4.84 Å². The maximum Gasteiger partial charge on any atom is 0.142 e. The fraction of sp³-hybridized carbons (Fsp3) is 0.238. The fourth-order valence-electron chi connectivity index (χ4n) is 3.11. The second-order valence-electron chi connectivity index (χ2n) is 6.22. The molecule has 126 valence electrons. The highest BCUT2D eigenvalue weighted by atomic mass is 16.7. The Balaban J connectivity index is 1.78. The van der Waals surface area contributed by atoms with Gasteiger partial charge in [0.1, 0.15) is 12.1 Å². The van der Waals surface area contributed by atoms with E-state index in [-0.39, 0.29) is 0 Å². The number of nitrogens with zero attached hydrogens (tertiary/aromatic N) is 3. The molecule has 4 rings (SSSR count). The normalized spacial score (nSPS) is 11.2. The van der Waals surface area contributed by atoms with E-state index >= 15 is 0 Å². The molecule has 25 heavy (non-hydrogen) atoms. The highest BCUT2D eigenvalue weighted by molar-refractivity contribution is 6.04. The zero-order valence-corrected chi connectivity index (χ0v) is 14.4. The standard InChI is InChI=1S/C21H21N3O/c1-2-3-12-20-18-14-22-24(25-15-16-9-5-4-6-10-16)21(18)17-11-7-8-13-19(17)23-20/h4-11,13-14H,2-3,12,15H2,1H3. The van der Waals surface area contributed by atoms with Crippen LogP contribution < -0.4 is 4.84 Å². The summed E-state index contributed by atoms with van der Waals surface area (Å²) in [5.74, 6) is 0. The topological polar surface area (TPSA) is 39.9 Å². The lowest BCUT2D eigenvalue weighted by Crippen LogP contribution is -2.12. The van der Waals surface area contributed by atoms with E-state index in [0.717, 1.165) is 52.3 Å². The second kappa shape index (κ2) is 6.93. The van der Waals surface area contributed by atoms with Gasteiger partial charge in [-0.05, 0) is 24.5 Å². The fourth-order valence-corrected chi connectivity index (χ4v) is 3.11. The van der Waals surface area contributed by atoms with Crippen LogP contribution in [0.25, 0.3) is 21.8 Å². The Bertz CT molecular complexity index is 992. The largest absolute Gasteiger partial charge is 0.391 e. The summed E-state index contributed by atoms with van der Waals surface area (Å²) in [4.78, 5) is 12.5. The Morgan fingerprint density at radius 1 is 0.960 bits per heavy atom. The van der Waals surface area contributed by atoms with Gasteiger partial charge in [-0.1, -0.05) is 66.7 Å². The van der Waals surface area contributed by atoms with Gasteiger partial charge in [-0.25, -0.2) is 0 Å². The zero-order chi connectivity index (χ0) is 17.1. The van der Waals surface area contributed by atoms with E-state index in [0.29, 0.717) is 6.61 Å². The van der Waals surface area contributed by atoms with E-state index in [4.69, 9.17) is 9.82 Å². The van der Waals surface area contributed by atoms with E-state index in [1.54, 1.807) is 4.85 Å². The third-order valence-corrected chi connectivity index (χ3v) is 4.43. The van der Waals surface area contributed by atoms with Crippen LogP contribution in [0.1, 0.15) is 31.0 Å². The molecule has 4 nitrogen and oxygen atoms in total. The Morgan fingerprint density at radius 2 is 1.76 bits per heavy atom. The molecule has 0 saturated carbocycles. The summed E-state index contributed by atoms with van der Waals surface area (Å²) in [5, 5.41) is 6.64. The molecule has 0 aliphatic heterocycles. The number of hydrogen-bond donors (Lipinski definition) is 0. The maximum atomic E-state index is 5.99. The summed E-state index contributed by atoms with van der Waals surface area (Å²) in [7, 11) is 0. The van der Waals surface area contributed by atoms with Crippen molar-refractivity contribution in [1.29, 1.82) is 0 Å². The molecule has 0 amide bonds. The molecule has 0 spiro atoms. The van der Waals surface area contributed by atoms with Crippen LogP contribution in [0.3, 0.4) is 0 Å². The number of aryl methyl sites for hydroxylation is 1. The minimum Gasteiger partial charge on any atom is -0.391 e. The lowest BCUT2D eigenvalue weighted by Gasteiger charge is -2.10.